The number of hydrogen-bond donors (Lipinski definition) is 2. The molecule has 0 saturated heterocycles. The number of nitrogen functional groups attached to an aromatic ring is 1. The molecule has 0 atom stereocenters. The first-order chi connectivity index (χ1) is 14.5. The number of methoxy groups -OCH3 is 2. The lowest BCUT2D eigenvalue weighted by molar-refractivity contribution is 0.103. The molecule has 3 N–H and O–H groups in total. The zero-order valence-electron chi connectivity index (χ0n) is 16.2. The van der Waals surface area contributed by atoms with Gasteiger partial charge in [-0.15, -0.1) is 11.3 Å². The van der Waals surface area contributed by atoms with Crippen LogP contribution in [0.4, 0.5) is 15.8 Å². The fourth-order valence-corrected chi connectivity index (χ4v) is 4.04. The van der Waals surface area contributed by atoms with Crippen LogP contribution in [0.3, 0.4) is 0 Å². The highest BCUT2D eigenvalue weighted by Crippen LogP contribution is 2.35. The minimum Gasteiger partial charge on any atom is -0.493 e. The first-order valence-corrected chi connectivity index (χ1v) is 9.80. The van der Waals surface area contributed by atoms with Crippen molar-refractivity contribution in [2.45, 2.75) is 0 Å². The van der Waals surface area contributed by atoms with Gasteiger partial charge in [-0.25, -0.2) is 9.37 Å². The number of rotatable bonds is 5. The number of halogens is 1. The van der Waals surface area contributed by atoms with Crippen LogP contribution in [0.5, 0.6) is 11.5 Å². The molecule has 152 valence electrons. The first-order valence-electron chi connectivity index (χ1n) is 8.98. The van der Waals surface area contributed by atoms with Crippen molar-refractivity contribution in [3.63, 3.8) is 0 Å². The molecular formula is C22H18FN3O3S. The smallest absolute Gasteiger partial charge is 0.267 e. The topological polar surface area (TPSA) is 86.5 Å². The van der Waals surface area contributed by atoms with E-state index in [2.05, 4.69) is 10.3 Å². The van der Waals surface area contributed by atoms with E-state index in [0.717, 1.165) is 5.56 Å². The van der Waals surface area contributed by atoms with Crippen LogP contribution in [0.15, 0.2) is 54.6 Å². The summed E-state index contributed by atoms with van der Waals surface area (Å²) in [7, 11) is 3.07. The lowest BCUT2D eigenvalue weighted by atomic mass is 10.1. The Hall–Kier alpha value is -3.65. The number of aromatic nitrogens is 1. The molecule has 4 rings (SSSR count). The van der Waals surface area contributed by atoms with E-state index in [-0.39, 0.29) is 11.7 Å². The second-order valence-electron chi connectivity index (χ2n) is 6.42. The van der Waals surface area contributed by atoms with Crippen molar-refractivity contribution in [2.75, 3.05) is 25.3 Å². The second-order valence-corrected chi connectivity index (χ2v) is 7.42. The summed E-state index contributed by atoms with van der Waals surface area (Å²) < 4.78 is 23.7. The summed E-state index contributed by atoms with van der Waals surface area (Å²) in [5.74, 6) is 0.417. The molecule has 0 aliphatic carbocycles. The van der Waals surface area contributed by atoms with Crippen LogP contribution in [0.1, 0.15) is 9.67 Å². The summed E-state index contributed by atoms with van der Waals surface area (Å²) in [5.41, 5.74) is 8.59. The number of carbonyl (C=O) groups excluding carboxylic acids is 1. The standard InChI is InChI=1S/C22H18FN3O3S/c1-28-17-10-7-14(11-18(17)29-2)25-21(27)20-19(24)15-8-9-16(26-22(15)30-20)12-3-5-13(23)6-4-12/h3-11H,24H2,1-2H3,(H,25,27). The molecule has 2 aromatic heterocycles. The number of benzene rings is 2. The normalized spacial score (nSPS) is 10.8. The summed E-state index contributed by atoms with van der Waals surface area (Å²) in [6.45, 7) is 0. The molecule has 1 amide bonds. The molecule has 0 saturated carbocycles. The first kappa shape index (κ1) is 19.7. The Labute approximate surface area is 176 Å². The third kappa shape index (κ3) is 3.65. The van der Waals surface area contributed by atoms with E-state index < -0.39 is 0 Å². The number of nitrogens with one attached hydrogen (secondary N) is 1. The molecule has 0 aliphatic heterocycles. The maximum atomic E-state index is 13.2. The highest BCUT2D eigenvalue weighted by atomic mass is 32.1. The summed E-state index contributed by atoms with van der Waals surface area (Å²) in [6.07, 6.45) is 0. The highest BCUT2D eigenvalue weighted by Gasteiger charge is 2.18. The number of anilines is 2. The Morgan fingerprint density at radius 1 is 1.03 bits per heavy atom. The number of nitrogens with two attached hydrogens (primary N) is 1. The fourth-order valence-electron chi connectivity index (χ4n) is 3.05. The predicted molar refractivity (Wildman–Crippen MR) is 117 cm³/mol. The molecule has 0 fully saturated rings. The molecule has 4 aromatic rings. The maximum Gasteiger partial charge on any atom is 0.267 e. The Bertz CT molecular complexity index is 1240. The summed E-state index contributed by atoms with van der Waals surface area (Å²) in [5, 5.41) is 3.52. The second kappa shape index (κ2) is 8.00. The molecule has 0 unspecified atom stereocenters. The highest BCUT2D eigenvalue weighted by molar-refractivity contribution is 7.21. The van der Waals surface area contributed by atoms with Gasteiger partial charge in [-0.3, -0.25) is 4.79 Å². The minimum atomic E-state index is -0.342. The number of ether oxygens (including phenoxy) is 2. The molecule has 0 aliphatic rings. The molecule has 2 aromatic carbocycles. The molecule has 6 nitrogen and oxygen atoms in total. The van der Waals surface area contributed by atoms with E-state index in [1.807, 2.05) is 6.07 Å². The van der Waals surface area contributed by atoms with Crippen molar-refractivity contribution < 1.29 is 18.7 Å². The Kier molecular flexibility index (Phi) is 5.24. The van der Waals surface area contributed by atoms with Crippen molar-refractivity contribution in [1.82, 2.24) is 4.98 Å². The number of thiophene rings is 1. The van der Waals surface area contributed by atoms with E-state index in [1.54, 1.807) is 43.5 Å². The van der Waals surface area contributed by atoms with Gasteiger partial charge in [0, 0.05) is 22.7 Å². The van der Waals surface area contributed by atoms with Gasteiger partial charge in [0.15, 0.2) is 11.5 Å². The van der Waals surface area contributed by atoms with Crippen molar-refractivity contribution in [1.29, 1.82) is 0 Å². The van der Waals surface area contributed by atoms with Crippen LogP contribution in [0, 0.1) is 5.82 Å². The van der Waals surface area contributed by atoms with E-state index in [9.17, 15) is 9.18 Å². The van der Waals surface area contributed by atoms with Crippen LogP contribution in [0.25, 0.3) is 21.5 Å². The van der Waals surface area contributed by atoms with Gasteiger partial charge >= 0.3 is 0 Å². The molecule has 30 heavy (non-hydrogen) atoms. The molecule has 0 radical (unpaired) electrons. The minimum absolute atomic E-state index is 0.311. The van der Waals surface area contributed by atoms with Gasteiger partial charge in [0.05, 0.1) is 25.6 Å². The number of hydrogen-bond acceptors (Lipinski definition) is 6. The number of pyridine rings is 1. The lowest BCUT2D eigenvalue weighted by Crippen LogP contribution is -2.12. The van der Waals surface area contributed by atoms with Crippen LogP contribution in [-0.4, -0.2) is 25.1 Å². The van der Waals surface area contributed by atoms with Gasteiger partial charge in [-0.2, -0.15) is 0 Å². The third-order valence-electron chi connectivity index (χ3n) is 4.58. The van der Waals surface area contributed by atoms with Crippen LogP contribution < -0.4 is 20.5 Å². The van der Waals surface area contributed by atoms with Gasteiger partial charge in [-0.1, -0.05) is 0 Å². The van der Waals surface area contributed by atoms with Gasteiger partial charge in [-0.05, 0) is 48.5 Å². The largest absolute Gasteiger partial charge is 0.493 e. The number of amides is 1. The van der Waals surface area contributed by atoms with Crippen LogP contribution >= 0.6 is 11.3 Å². The van der Waals surface area contributed by atoms with Crippen molar-refractivity contribution >= 4 is 38.8 Å². The van der Waals surface area contributed by atoms with Crippen LogP contribution in [-0.2, 0) is 0 Å². The van der Waals surface area contributed by atoms with E-state index >= 15 is 0 Å². The molecule has 2 heterocycles. The zero-order chi connectivity index (χ0) is 21.3. The fraction of sp³-hybridized carbons (Fsp3) is 0.0909. The number of carbonyl (C=O) groups is 1. The van der Waals surface area contributed by atoms with Gasteiger partial charge in [0.1, 0.15) is 15.5 Å². The summed E-state index contributed by atoms with van der Waals surface area (Å²) in [4.78, 5) is 18.4. The quantitative estimate of drug-likeness (QED) is 0.474. The monoisotopic (exact) mass is 423 g/mol. The SMILES string of the molecule is COc1ccc(NC(=O)c2sc3nc(-c4ccc(F)cc4)ccc3c2N)cc1OC. The Balaban J connectivity index is 1.64. The zero-order valence-corrected chi connectivity index (χ0v) is 17.0. The number of fused-ring (bicyclic) bond motifs is 1. The van der Waals surface area contributed by atoms with Crippen molar-refractivity contribution in [3.05, 3.63) is 65.3 Å². The average Bonchev–Trinajstić information content (AvgIpc) is 3.10. The maximum absolute atomic E-state index is 13.2. The van der Waals surface area contributed by atoms with Crippen LogP contribution in [0.2, 0.25) is 0 Å². The molecule has 0 bridgehead atoms. The predicted octanol–water partition coefficient (Wildman–Crippen LogP) is 4.95. The summed E-state index contributed by atoms with van der Waals surface area (Å²) in [6, 6.07) is 14.8. The van der Waals surface area contributed by atoms with E-state index in [1.165, 1.54) is 30.6 Å². The summed E-state index contributed by atoms with van der Waals surface area (Å²) >= 11 is 1.20. The Morgan fingerprint density at radius 2 is 1.77 bits per heavy atom. The lowest BCUT2D eigenvalue weighted by Gasteiger charge is -2.10. The van der Waals surface area contributed by atoms with Gasteiger partial charge in [0.2, 0.25) is 0 Å². The van der Waals surface area contributed by atoms with Crippen molar-refractivity contribution in [3.8, 4) is 22.8 Å². The molecular weight excluding hydrogens is 405 g/mol. The molecule has 0 spiro atoms. The third-order valence-corrected chi connectivity index (χ3v) is 5.70. The number of nitrogens with zero attached hydrogens (tertiary/aromatic N) is 1. The van der Waals surface area contributed by atoms with E-state index in [4.69, 9.17) is 15.2 Å². The van der Waals surface area contributed by atoms with Gasteiger partial charge in [0.25, 0.3) is 5.91 Å². The average molecular weight is 423 g/mol. The van der Waals surface area contributed by atoms with E-state index in [0.29, 0.717) is 43.7 Å². The van der Waals surface area contributed by atoms with Gasteiger partial charge < -0.3 is 20.5 Å². The Morgan fingerprint density at radius 3 is 2.47 bits per heavy atom. The molecule has 8 heteroatoms. The van der Waals surface area contributed by atoms with Crippen molar-refractivity contribution in [2.24, 2.45) is 0 Å².